The van der Waals surface area contributed by atoms with Crippen LogP contribution in [0.5, 0.6) is 0 Å². The quantitative estimate of drug-likeness (QED) is 0.929. The fourth-order valence-corrected chi connectivity index (χ4v) is 4.61. The van der Waals surface area contributed by atoms with Crippen LogP contribution in [-0.4, -0.2) is 22.1 Å². The molecule has 0 saturated carbocycles. The largest absolute Gasteiger partial charge is 0.385 e. The average molecular weight is 336 g/mol. The zero-order chi connectivity index (χ0) is 17.4. The van der Waals surface area contributed by atoms with Crippen molar-refractivity contribution in [2.75, 3.05) is 0 Å². The van der Waals surface area contributed by atoms with Crippen LogP contribution in [0.3, 0.4) is 0 Å². The molecule has 2 fully saturated rings. The van der Waals surface area contributed by atoms with Gasteiger partial charge in [0.15, 0.2) is 0 Å². The molecule has 4 heteroatoms. The van der Waals surface area contributed by atoms with Gasteiger partial charge in [-0.2, -0.15) is 5.26 Å². The van der Waals surface area contributed by atoms with Gasteiger partial charge in [-0.15, -0.1) is 0 Å². The van der Waals surface area contributed by atoms with Crippen molar-refractivity contribution < 1.29 is 9.50 Å². The molecule has 0 amide bonds. The molecule has 2 heterocycles. The van der Waals surface area contributed by atoms with Gasteiger partial charge in [0.1, 0.15) is 11.9 Å². The van der Waals surface area contributed by atoms with Gasteiger partial charge in [-0.25, -0.2) is 4.39 Å². The summed E-state index contributed by atoms with van der Waals surface area (Å²) in [7, 11) is 0. The van der Waals surface area contributed by atoms with E-state index < -0.39 is 11.4 Å². The van der Waals surface area contributed by atoms with Gasteiger partial charge in [-0.05, 0) is 37.3 Å². The normalized spacial score (nSPS) is 28.7. The smallest absolute Gasteiger partial charge is 0.141 e. The number of nitrogens with zero attached hydrogens (tertiary/aromatic N) is 2. The zero-order valence-corrected chi connectivity index (χ0v) is 14.0. The van der Waals surface area contributed by atoms with Crippen molar-refractivity contribution in [1.29, 1.82) is 5.26 Å². The third-order valence-corrected chi connectivity index (χ3v) is 5.75. The van der Waals surface area contributed by atoms with Crippen molar-refractivity contribution in [3.63, 3.8) is 0 Å². The Hall–Kier alpha value is -2.22. The van der Waals surface area contributed by atoms with E-state index >= 15 is 0 Å². The van der Waals surface area contributed by atoms with Crippen molar-refractivity contribution in [2.24, 2.45) is 0 Å². The minimum absolute atomic E-state index is 0.0130. The summed E-state index contributed by atoms with van der Waals surface area (Å²) < 4.78 is 14.0. The molecule has 1 N–H and O–H groups in total. The minimum atomic E-state index is -1.12. The summed E-state index contributed by atoms with van der Waals surface area (Å²) in [6, 6.07) is 17.4. The molecular weight excluding hydrogens is 315 g/mol. The molecule has 4 rings (SSSR count). The number of piperidine rings is 1. The van der Waals surface area contributed by atoms with Gasteiger partial charge < -0.3 is 5.11 Å². The second kappa shape index (κ2) is 6.25. The van der Waals surface area contributed by atoms with Crippen LogP contribution in [0.4, 0.5) is 4.39 Å². The monoisotopic (exact) mass is 336 g/mol. The molecule has 25 heavy (non-hydrogen) atoms. The molecule has 3 nitrogen and oxygen atoms in total. The molecule has 2 unspecified atom stereocenters. The highest BCUT2D eigenvalue weighted by molar-refractivity contribution is 5.43. The maximum absolute atomic E-state index is 14.0. The minimum Gasteiger partial charge on any atom is -0.385 e. The van der Waals surface area contributed by atoms with Crippen LogP contribution < -0.4 is 0 Å². The Morgan fingerprint density at radius 3 is 2.40 bits per heavy atom. The number of nitriles is 1. The fraction of sp³-hybridized carbons (Fsp3) is 0.381. The maximum Gasteiger partial charge on any atom is 0.141 e. The highest BCUT2D eigenvalue weighted by Crippen LogP contribution is 2.47. The molecule has 2 aliphatic rings. The van der Waals surface area contributed by atoms with Crippen molar-refractivity contribution in [2.45, 2.75) is 49.9 Å². The SMILES string of the molecule is N#Cc1c(F)cccc1C1(O)CC2CCC(C1)N2Cc1ccccc1. The zero-order valence-electron chi connectivity index (χ0n) is 14.0. The van der Waals surface area contributed by atoms with E-state index in [0.717, 1.165) is 19.4 Å². The number of aliphatic hydroxyl groups is 1. The second-order valence-corrected chi connectivity index (χ2v) is 7.26. The lowest BCUT2D eigenvalue weighted by atomic mass is 9.78. The second-order valence-electron chi connectivity index (χ2n) is 7.26. The Balaban J connectivity index is 1.61. The van der Waals surface area contributed by atoms with E-state index in [2.05, 4.69) is 17.0 Å². The van der Waals surface area contributed by atoms with Crippen LogP contribution in [0.1, 0.15) is 42.4 Å². The first kappa shape index (κ1) is 16.3. The number of rotatable bonds is 3. The topological polar surface area (TPSA) is 47.3 Å². The van der Waals surface area contributed by atoms with Crippen LogP contribution in [0.15, 0.2) is 48.5 Å². The van der Waals surface area contributed by atoms with Crippen molar-refractivity contribution >= 4 is 0 Å². The van der Waals surface area contributed by atoms with Crippen molar-refractivity contribution in [3.8, 4) is 6.07 Å². The van der Waals surface area contributed by atoms with Gasteiger partial charge in [-0.1, -0.05) is 42.5 Å². The number of hydrogen-bond acceptors (Lipinski definition) is 3. The standard InChI is InChI=1S/C21H21FN2O/c22-20-8-4-7-19(18(20)13-23)21(25)11-16-9-10-17(12-21)24(16)14-15-5-2-1-3-6-15/h1-8,16-17,25H,9-12,14H2. The molecule has 0 aromatic heterocycles. The Morgan fingerprint density at radius 2 is 1.76 bits per heavy atom. The van der Waals surface area contributed by atoms with Crippen LogP contribution in [0.2, 0.25) is 0 Å². The number of halogens is 1. The van der Waals surface area contributed by atoms with E-state index in [1.807, 2.05) is 24.3 Å². The molecule has 2 aromatic carbocycles. The predicted octanol–water partition coefficient (Wildman–Crippen LogP) is 3.71. The first-order valence-corrected chi connectivity index (χ1v) is 8.82. The molecule has 2 saturated heterocycles. The van der Waals surface area contributed by atoms with Crippen molar-refractivity contribution in [3.05, 3.63) is 71.0 Å². The molecule has 0 spiro atoms. The molecule has 2 aromatic rings. The van der Waals surface area contributed by atoms with E-state index in [1.165, 1.54) is 11.6 Å². The molecular formula is C21H21FN2O. The van der Waals surface area contributed by atoms with Crippen LogP contribution in [0.25, 0.3) is 0 Å². The lowest BCUT2D eigenvalue weighted by molar-refractivity contribution is -0.0598. The molecule has 0 radical (unpaired) electrons. The molecule has 2 bridgehead atoms. The first-order valence-electron chi connectivity index (χ1n) is 8.82. The third-order valence-electron chi connectivity index (χ3n) is 5.75. The Bertz CT molecular complexity index is 800. The number of benzene rings is 2. The van der Waals surface area contributed by atoms with Crippen LogP contribution in [0, 0.1) is 17.1 Å². The van der Waals surface area contributed by atoms with Crippen molar-refractivity contribution in [1.82, 2.24) is 4.90 Å². The highest BCUT2D eigenvalue weighted by atomic mass is 19.1. The number of fused-ring (bicyclic) bond motifs is 2. The Kier molecular flexibility index (Phi) is 4.07. The summed E-state index contributed by atoms with van der Waals surface area (Å²) in [4.78, 5) is 2.47. The van der Waals surface area contributed by atoms with E-state index in [-0.39, 0.29) is 17.6 Å². The average Bonchev–Trinajstić information content (AvgIpc) is 2.86. The summed E-state index contributed by atoms with van der Waals surface area (Å²) in [6.45, 7) is 0.876. The van der Waals surface area contributed by atoms with Crippen LogP contribution in [-0.2, 0) is 12.1 Å². The Morgan fingerprint density at radius 1 is 1.08 bits per heavy atom. The van der Waals surface area contributed by atoms with E-state index in [9.17, 15) is 14.8 Å². The van der Waals surface area contributed by atoms with Gasteiger partial charge in [0.05, 0.1) is 11.2 Å². The van der Waals surface area contributed by atoms with Gasteiger partial charge in [0.25, 0.3) is 0 Å². The molecule has 0 aliphatic carbocycles. The maximum atomic E-state index is 14.0. The molecule has 2 atom stereocenters. The predicted molar refractivity (Wildman–Crippen MR) is 93.0 cm³/mol. The number of hydrogen-bond donors (Lipinski definition) is 1. The summed E-state index contributed by atoms with van der Waals surface area (Å²) in [5, 5.41) is 20.6. The first-order chi connectivity index (χ1) is 12.1. The summed E-state index contributed by atoms with van der Waals surface area (Å²) >= 11 is 0. The fourth-order valence-electron chi connectivity index (χ4n) is 4.61. The van der Waals surface area contributed by atoms with E-state index in [4.69, 9.17) is 0 Å². The van der Waals surface area contributed by atoms with Crippen LogP contribution >= 0.6 is 0 Å². The lowest BCUT2D eigenvalue weighted by Crippen LogP contribution is -2.49. The van der Waals surface area contributed by atoms with Gasteiger partial charge in [0.2, 0.25) is 0 Å². The summed E-state index contributed by atoms with van der Waals surface area (Å²) in [5.74, 6) is -0.549. The van der Waals surface area contributed by atoms with Gasteiger partial charge in [-0.3, -0.25) is 4.90 Å². The van der Waals surface area contributed by atoms with Gasteiger partial charge in [0, 0.05) is 24.2 Å². The summed E-state index contributed by atoms with van der Waals surface area (Å²) in [5.41, 5.74) is 0.590. The molecule has 128 valence electrons. The van der Waals surface area contributed by atoms with E-state index in [0.29, 0.717) is 18.4 Å². The van der Waals surface area contributed by atoms with E-state index in [1.54, 1.807) is 12.1 Å². The lowest BCUT2D eigenvalue weighted by Gasteiger charge is -2.44. The molecule has 2 aliphatic heterocycles. The Labute approximate surface area is 147 Å². The van der Waals surface area contributed by atoms with Gasteiger partial charge >= 0.3 is 0 Å². The summed E-state index contributed by atoms with van der Waals surface area (Å²) in [6.07, 6.45) is 3.18. The highest BCUT2D eigenvalue weighted by Gasteiger charge is 2.49. The third kappa shape index (κ3) is 2.84.